The predicted molar refractivity (Wildman–Crippen MR) is 121 cm³/mol. The van der Waals surface area contributed by atoms with Gasteiger partial charge >= 0.3 is 0 Å². The minimum Gasteiger partial charge on any atom is -0.473 e. The lowest BCUT2D eigenvalue weighted by Crippen LogP contribution is -2.49. The normalized spacial score (nSPS) is 26.5. The fraction of sp³-hybridized carbons (Fsp3) is 0.818. The van der Waals surface area contributed by atoms with Gasteiger partial charge in [-0.15, -0.1) is 0 Å². The molecule has 1 aliphatic carbocycles. The van der Waals surface area contributed by atoms with Crippen molar-refractivity contribution in [2.45, 2.75) is 90.5 Å². The van der Waals surface area contributed by atoms with Crippen molar-refractivity contribution in [3.8, 4) is 0 Å². The van der Waals surface area contributed by atoms with Gasteiger partial charge in [0.1, 0.15) is 0 Å². The molecule has 0 saturated heterocycles. The molecule has 0 aromatic carbocycles. The molecule has 0 fully saturated rings. The number of rotatable bonds is 6. The second-order valence-electron chi connectivity index (χ2n) is 11.4. The Morgan fingerprint density at radius 1 is 1.00 bits per heavy atom. The molecule has 162 valence electrons. The number of allylic oxidation sites excluding steroid dienone is 1. The lowest BCUT2D eigenvalue weighted by Gasteiger charge is -2.44. The van der Waals surface area contributed by atoms with E-state index in [1.807, 2.05) is 0 Å². The van der Waals surface area contributed by atoms with Gasteiger partial charge in [0.25, 0.3) is 0 Å². The van der Waals surface area contributed by atoms with E-state index >= 15 is 0 Å². The van der Waals surface area contributed by atoms with E-state index in [1.54, 1.807) is 6.26 Å². The highest BCUT2D eigenvalue weighted by atomic mass is 28.4. The molecule has 1 heterocycles. The van der Waals surface area contributed by atoms with E-state index in [0.29, 0.717) is 6.61 Å². The van der Waals surface area contributed by atoms with E-state index in [-0.39, 0.29) is 34.8 Å². The smallest absolute Gasteiger partial charge is 0.197 e. The maximum absolute atomic E-state index is 9.81. The van der Waals surface area contributed by atoms with Gasteiger partial charge in [-0.05, 0) is 53.8 Å². The van der Waals surface area contributed by atoms with Crippen molar-refractivity contribution in [1.82, 2.24) is 0 Å². The van der Waals surface area contributed by atoms with E-state index in [9.17, 15) is 5.11 Å². The maximum Gasteiger partial charge on any atom is 0.197 e. The van der Waals surface area contributed by atoms with Gasteiger partial charge in [0.15, 0.2) is 22.9 Å². The summed E-state index contributed by atoms with van der Waals surface area (Å²) in [5.74, 6) is 0.387. The summed E-state index contributed by atoms with van der Waals surface area (Å²) >= 11 is 0. The third kappa shape index (κ3) is 4.83. The van der Waals surface area contributed by atoms with Gasteiger partial charge in [0, 0.05) is 5.92 Å². The van der Waals surface area contributed by atoms with Gasteiger partial charge in [0.2, 0.25) is 0 Å². The second-order valence-corrected chi connectivity index (χ2v) is 21.0. The van der Waals surface area contributed by atoms with Crippen LogP contribution in [0.4, 0.5) is 0 Å². The number of hydrogen-bond acceptors (Lipinski definition) is 4. The minimum atomic E-state index is -1.98. The largest absolute Gasteiger partial charge is 0.473 e. The molecule has 2 rings (SSSR count). The SMILES string of the molecule is CC(C)(C)[Si](C)(C)OCC1=CCC2C(CO)=COC(O[Si](C)(C)C(C)(C)C)[C@H]12. The van der Waals surface area contributed by atoms with Gasteiger partial charge in [-0.1, -0.05) is 47.6 Å². The van der Waals surface area contributed by atoms with Crippen LogP contribution in [0.25, 0.3) is 0 Å². The summed E-state index contributed by atoms with van der Waals surface area (Å²) in [6.07, 6.45) is 4.67. The molecule has 3 atom stereocenters. The second kappa shape index (κ2) is 8.02. The third-order valence-corrected chi connectivity index (χ3v) is 16.3. The van der Waals surface area contributed by atoms with Crippen LogP contribution in [-0.4, -0.2) is 41.2 Å². The number of ether oxygens (including phenoxy) is 1. The maximum atomic E-state index is 9.81. The molecule has 0 aromatic rings. The van der Waals surface area contributed by atoms with Gasteiger partial charge in [-0.25, -0.2) is 0 Å². The van der Waals surface area contributed by atoms with Crippen LogP contribution in [0.15, 0.2) is 23.5 Å². The molecular formula is C22H42O4Si2. The molecule has 0 aromatic heterocycles. The molecule has 2 unspecified atom stereocenters. The molecule has 0 bridgehead atoms. The van der Waals surface area contributed by atoms with Gasteiger partial charge in [-0.3, -0.25) is 0 Å². The Kier molecular flexibility index (Phi) is 6.84. The topological polar surface area (TPSA) is 47.9 Å². The van der Waals surface area contributed by atoms with Crippen LogP contribution in [0, 0.1) is 11.8 Å². The fourth-order valence-corrected chi connectivity index (χ4v) is 5.35. The van der Waals surface area contributed by atoms with Gasteiger partial charge < -0.3 is 18.7 Å². The molecule has 0 saturated carbocycles. The lowest BCUT2D eigenvalue weighted by molar-refractivity contribution is -0.0950. The first-order valence-electron chi connectivity index (χ1n) is 10.6. The molecule has 0 radical (unpaired) electrons. The van der Waals surface area contributed by atoms with Gasteiger partial charge in [-0.2, -0.15) is 0 Å². The van der Waals surface area contributed by atoms with Crippen LogP contribution in [0.1, 0.15) is 48.0 Å². The van der Waals surface area contributed by atoms with Crippen molar-refractivity contribution < 1.29 is 18.7 Å². The van der Waals surface area contributed by atoms with Crippen LogP contribution in [0.2, 0.25) is 36.3 Å². The Bertz CT molecular complexity index is 623. The number of aliphatic hydroxyl groups excluding tert-OH is 1. The van der Waals surface area contributed by atoms with Crippen LogP contribution in [-0.2, 0) is 13.6 Å². The van der Waals surface area contributed by atoms with Crippen LogP contribution >= 0.6 is 0 Å². The monoisotopic (exact) mass is 426 g/mol. The first-order valence-corrected chi connectivity index (χ1v) is 16.4. The Balaban J connectivity index is 2.22. The highest BCUT2D eigenvalue weighted by molar-refractivity contribution is 6.74. The van der Waals surface area contributed by atoms with E-state index in [1.165, 1.54) is 5.57 Å². The predicted octanol–water partition coefficient (Wildman–Crippen LogP) is 5.83. The molecular weight excluding hydrogens is 384 g/mol. The average molecular weight is 427 g/mol. The van der Waals surface area contributed by atoms with Crippen molar-refractivity contribution >= 4 is 16.6 Å². The highest BCUT2D eigenvalue weighted by Crippen LogP contribution is 2.47. The molecule has 0 spiro atoms. The first kappa shape index (κ1) is 23.9. The van der Waals surface area contributed by atoms with Crippen molar-refractivity contribution in [3.05, 3.63) is 23.5 Å². The molecule has 1 N–H and O–H groups in total. The standard InChI is InChI=1S/C22H42O4Si2/c1-21(2,3)27(7,8)25-15-16-11-12-18-17(13-23)14-24-20(19(16)18)26-28(9,10)22(4,5)6/h11,14,18-20,23H,12-13,15H2,1-10H3/t18?,19-,20?/m1/s1. The Morgan fingerprint density at radius 3 is 2.07 bits per heavy atom. The van der Waals surface area contributed by atoms with Crippen molar-refractivity contribution in [1.29, 1.82) is 0 Å². The summed E-state index contributed by atoms with van der Waals surface area (Å²) in [4.78, 5) is 0. The van der Waals surface area contributed by atoms with Gasteiger partial charge in [0.05, 0.1) is 25.4 Å². The lowest BCUT2D eigenvalue weighted by atomic mass is 9.84. The van der Waals surface area contributed by atoms with Crippen LogP contribution < -0.4 is 0 Å². The quantitative estimate of drug-likeness (QED) is 0.429. The Hall–Kier alpha value is -0.406. The summed E-state index contributed by atoms with van der Waals surface area (Å²) in [5.41, 5.74) is 2.25. The van der Waals surface area contributed by atoms with E-state index < -0.39 is 16.6 Å². The number of fused-ring (bicyclic) bond motifs is 1. The van der Waals surface area contributed by atoms with Crippen LogP contribution in [0.5, 0.6) is 0 Å². The fourth-order valence-electron chi connectivity index (χ4n) is 3.25. The van der Waals surface area contributed by atoms with Crippen molar-refractivity contribution in [2.24, 2.45) is 11.8 Å². The van der Waals surface area contributed by atoms with E-state index in [4.69, 9.17) is 13.6 Å². The molecule has 28 heavy (non-hydrogen) atoms. The zero-order valence-electron chi connectivity index (χ0n) is 19.7. The molecule has 2 aliphatic rings. The minimum absolute atomic E-state index is 0.0399. The van der Waals surface area contributed by atoms with E-state index in [0.717, 1.165) is 12.0 Å². The molecule has 1 aliphatic heterocycles. The van der Waals surface area contributed by atoms with Crippen LogP contribution in [0.3, 0.4) is 0 Å². The summed E-state index contributed by atoms with van der Waals surface area (Å²) < 4.78 is 19.3. The summed E-state index contributed by atoms with van der Waals surface area (Å²) in [5, 5.41) is 10.1. The molecule has 6 heteroatoms. The van der Waals surface area contributed by atoms with E-state index in [2.05, 4.69) is 73.8 Å². The third-order valence-electron chi connectivity index (χ3n) is 7.42. The average Bonchev–Trinajstić information content (AvgIpc) is 2.95. The Morgan fingerprint density at radius 2 is 1.57 bits per heavy atom. The highest BCUT2D eigenvalue weighted by Gasteiger charge is 2.48. The van der Waals surface area contributed by atoms with Crippen molar-refractivity contribution in [2.75, 3.05) is 13.2 Å². The Labute approximate surface area is 174 Å². The zero-order valence-corrected chi connectivity index (χ0v) is 21.7. The molecule has 4 nitrogen and oxygen atoms in total. The summed E-state index contributed by atoms with van der Waals surface area (Å²) in [7, 11) is -3.81. The summed E-state index contributed by atoms with van der Waals surface area (Å²) in [6.45, 7) is 23.3. The zero-order chi connectivity index (χ0) is 21.5. The van der Waals surface area contributed by atoms with Crippen molar-refractivity contribution in [3.63, 3.8) is 0 Å². The number of hydrogen-bond donors (Lipinski definition) is 1. The summed E-state index contributed by atoms with van der Waals surface area (Å²) in [6, 6.07) is 0. The number of aliphatic hydroxyl groups is 1. The molecule has 0 amide bonds. The first-order chi connectivity index (χ1) is 12.6.